The first-order chi connectivity index (χ1) is 9.36. The lowest BCUT2D eigenvalue weighted by atomic mass is 10.2. The van der Waals surface area contributed by atoms with Gasteiger partial charge in [0, 0.05) is 23.2 Å². The van der Waals surface area contributed by atoms with Crippen LogP contribution in [0.2, 0.25) is 10.0 Å². The third-order valence-corrected chi connectivity index (χ3v) is 5.96. The van der Waals surface area contributed by atoms with E-state index in [4.69, 9.17) is 23.2 Å². The molecule has 1 saturated carbocycles. The lowest BCUT2D eigenvalue weighted by molar-refractivity contribution is 0.538. The smallest absolute Gasteiger partial charge is 0.242 e. The van der Waals surface area contributed by atoms with E-state index in [9.17, 15) is 8.42 Å². The van der Waals surface area contributed by atoms with E-state index < -0.39 is 10.0 Å². The zero-order valence-corrected chi connectivity index (χ0v) is 13.7. The van der Waals surface area contributed by atoms with E-state index in [2.05, 4.69) is 10.0 Å². The van der Waals surface area contributed by atoms with Gasteiger partial charge in [0.1, 0.15) is 4.90 Å². The second-order valence-electron chi connectivity index (χ2n) is 5.12. The Morgan fingerprint density at radius 2 is 2.00 bits per heavy atom. The fourth-order valence-corrected chi connectivity index (χ4v) is 4.35. The number of rotatable bonds is 6. The van der Waals surface area contributed by atoms with E-state index in [0.29, 0.717) is 23.0 Å². The van der Waals surface area contributed by atoms with Crippen LogP contribution in [-0.4, -0.2) is 21.5 Å². The highest BCUT2D eigenvalue weighted by atomic mass is 35.5. The topological polar surface area (TPSA) is 58.2 Å². The van der Waals surface area contributed by atoms with Gasteiger partial charge in [-0.2, -0.15) is 0 Å². The van der Waals surface area contributed by atoms with Gasteiger partial charge in [-0.25, -0.2) is 13.1 Å². The van der Waals surface area contributed by atoms with Crippen molar-refractivity contribution in [2.75, 3.05) is 7.05 Å². The van der Waals surface area contributed by atoms with Crippen molar-refractivity contribution in [3.8, 4) is 0 Å². The molecule has 112 valence electrons. The standard InChI is InChI=1S/C13H18Cl2N2O2S/c1-8(9-3-4-9)17-20(18,19)12-6-5-11(14)10(7-16-2)13(12)15/h5-6,8-9,16-17H,3-4,7H2,1-2H3. The van der Waals surface area contributed by atoms with Crippen molar-refractivity contribution >= 4 is 33.2 Å². The molecule has 2 rings (SSSR count). The van der Waals surface area contributed by atoms with E-state index in [1.807, 2.05) is 6.92 Å². The van der Waals surface area contributed by atoms with Crippen LogP contribution in [0.15, 0.2) is 17.0 Å². The number of halogens is 2. The van der Waals surface area contributed by atoms with Crippen molar-refractivity contribution in [3.63, 3.8) is 0 Å². The summed E-state index contributed by atoms with van der Waals surface area (Å²) in [6.07, 6.45) is 2.14. The first kappa shape index (κ1) is 16.0. The zero-order chi connectivity index (χ0) is 14.9. The van der Waals surface area contributed by atoms with Crippen molar-refractivity contribution in [2.24, 2.45) is 5.92 Å². The average Bonchev–Trinajstić information content (AvgIpc) is 3.17. The molecule has 2 N–H and O–H groups in total. The van der Waals surface area contributed by atoms with Crippen LogP contribution in [0.25, 0.3) is 0 Å². The minimum atomic E-state index is -3.62. The summed E-state index contributed by atoms with van der Waals surface area (Å²) in [5.74, 6) is 0.438. The van der Waals surface area contributed by atoms with E-state index in [1.54, 1.807) is 13.1 Å². The van der Waals surface area contributed by atoms with Gasteiger partial charge in [-0.3, -0.25) is 0 Å². The molecule has 1 aromatic carbocycles. The molecule has 1 fully saturated rings. The molecule has 0 aromatic heterocycles. The van der Waals surface area contributed by atoms with Crippen LogP contribution in [0.5, 0.6) is 0 Å². The Labute approximate surface area is 129 Å². The largest absolute Gasteiger partial charge is 0.316 e. The highest BCUT2D eigenvalue weighted by molar-refractivity contribution is 7.89. The van der Waals surface area contributed by atoms with Crippen LogP contribution >= 0.6 is 23.2 Å². The van der Waals surface area contributed by atoms with Crippen molar-refractivity contribution in [1.82, 2.24) is 10.0 Å². The van der Waals surface area contributed by atoms with Gasteiger partial charge in [-0.1, -0.05) is 23.2 Å². The van der Waals surface area contributed by atoms with Gasteiger partial charge in [0.2, 0.25) is 10.0 Å². The Kier molecular flexibility index (Phi) is 4.97. The van der Waals surface area contributed by atoms with Gasteiger partial charge in [0.05, 0.1) is 5.02 Å². The van der Waals surface area contributed by atoms with Crippen LogP contribution in [0.1, 0.15) is 25.3 Å². The van der Waals surface area contributed by atoms with Crippen LogP contribution in [0, 0.1) is 5.92 Å². The number of benzene rings is 1. The summed E-state index contributed by atoms with van der Waals surface area (Å²) < 4.78 is 27.5. The van der Waals surface area contributed by atoms with Crippen LogP contribution < -0.4 is 10.0 Å². The maximum absolute atomic E-state index is 12.4. The molecule has 0 saturated heterocycles. The lowest BCUT2D eigenvalue weighted by Gasteiger charge is -2.16. The quantitative estimate of drug-likeness (QED) is 0.839. The highest BCUT2D eigenvalue weighted by Crippen LogP contribution is 2.35. The minimum absolute atomic E-state index is 0.0699. The minimum Gasteiger partial charge on any atom is -0.316 e. The van der Waals surface area contributed by atoms with E-state index in [0.717, 1.165) is 12.8 Å². The Hall–Kier alpha value is -0.330. The Balaban J connectivity index is 2.33. The van der Waals surface area contributed by atoms with E-state index >= 15 is 0 Å². The third-order valence-electron chi connectivity index (χ3n) is 3.46. The molecule has 7 heteroatoms. The molecule has 1 aromatic rings. The lowest BCUT2D eigenvalue weighted by Crippen LogP contribution is -2.34. The Morgan fingerprint density at radius 1 is 1.35 bits per heavy atom. The molecule has 0 heterocycles. The maximum Gasteiger partial charge on any atom is 0.242 e. The summed E-state index contributed by atoms with van der Waals surface area (Å²) in [6, 6.07) is 2.95. The van der Waals surface area contributed by atoms with Crippen molar-refractivity contribution < 1.29 is 8.42 Å². The number of hydrogen-bond donors (Lipinski definition) is 2. The number of sulfonamides is 1. The van der Waals surface area contributed by atoms with E-state index in [-0.39, 0.29) is 16.0 Å². The second-order valence-corrected chi connectivity index (χ2v) is 7.58. The maximum atomic E-state index is 12.4. The molecule has 1 unspecified atom stereocenters. The normalized spacial score (nSPS) is 17.2. The van der Waals surface area contributed by atoms with Crippen LogP contribution in [0.3, 0.4) is 0 Å². The molecule has 0 aliphatic heterocycles. The average molecular weight is 337 g/mol. The summed E-state index contributed by atoms with van der Waals surface area (Å²) in [4.78, 5) is 0.0846. The first-order valence-electron chi connectivity index (χ1n) is 6.50. The molecular weight excluding hydrogens is 319 g/mol. The summed E-state index contributed by atoms with van der Waals surface area (Å²) in [7, 11) is -1.87. The van der Waals surface area contributed by atoms with Gasteiger partial charge in [-0.15, -0.1) is 0 Å². The molecule has 1 atom stereocenters. The second kappa shape index (κ2) is 6.20. The number of nitrogens with one attached hydrogen (secondary N) is 2. The molecule has 0 radical (unpaired) electrons. The zero-order valence-electron chi connectivity index (χ0n) is 11.4. The molecule has 1 aliphatic carbocycles. The first-order valence-corrected chi connectivity index (χ1v) is 8.74. The molecule has 0 spiro atoms. The summed E-state index contributed by atoms with van der Waals surface area (Å²) in [5.41, 5.74) is 0.595. The molecular formula is C13H18Cl2N2O2S. The molecule has 20 heavy (non-hydrogen) atoms. The highest BCUT2D eigenvalue weighted by Gasteiger charge is 2.32. The molecule has 1 aliphatic rings. The van der Waals surface area contributed by atoms with E-state index in [1.165, 1.54) is 6.07 Å². The van der Waals surface area contributed by atoms with Crippen molar-refractivity contribution in [1.29, 1.82) is 0 Å². The Morgan fingerprint density at radius 3 is 2.55 bits per heavy atom. The molecule has 0 amide bonds. The third kappa shape index (κ3) is 3.46. The summed E-state index contributed by atoms with van der Waals surface area (Å²) in [5, 5.41) is 3.57. The van der Waals surface area contributed by atoms with Crippen LogP contribution in [-0.2, 0) is 16.6 Å². The van der Waals surface area contributed by atoms with Gasteiger partial charge < -0.3 is 5.32 Å². The van der Waals surface area contributed by atoms with Gasteiger partial charge >= 0.3 is 0 Å². The van der Waals surface area contributed by atoms with Gasteiger partial charge in [0.25, 0.3) is 0 Å². The number of hydrogen-bond acceptors (Lipinski definition) is 3. The monoisotopic (exact) mass is 336 g/mol. The van der Waals surface area contributed by atoms with Gasteiger partial charge in [0.15, 0.2) is 0 Å². The fourth-order valence-electron chi connectivity index (χ4n) is 2.12. The predicted molar refractivity (Wildman–Crippen MR) is 81.7 cm³/mol. The fraction of sp³-hybridized carbons (Fsp3) is 0.538. The SMILES string of the molecule is CNCc1c(Cl)ccc(S(=O)(=O)NC(C)C2CC2)c1Cl. The molecule has 0 bridgehead atoms. The molecule has 4 nitrogen and oxygen atoms in total. The Bertz CT molecular complexity index is 601. The summed E-state index contributed by atoms with van der Waals surface area (Å²) >= 11 is 12.3. The van der Waals surface area contributed by atoms with Crippen molar-refractivity contribution in [3.05, 3.63) is 27.7 Å². The predicted octanol–water partition coefficient (Wildman–Crippen LogP) is 2.79. The van der Waals surface area contributed by atoms with Crippen LogP contribution in [0.4, 0.5) is 0 Å². The summed E-state index contributed by atoms with van der Waals surface area (Å²) in [6.45, 7) is 2.30. The van der Waals surface area contributed by atoms with Gasteiger partial charge in [-0.05, 0) is 44.9 Å². The van der Waals surface area contributed by atoms with Crippen molar-refractivity contribution in [2.45, 2.75) is 37.2 Å².